The minimum atomic E-state index is -2.85. The van der Waals surface area contributed by atoms with Crippen LogP contribution in [0.1, 0.15) is 13.3 Å². The number of amides is 1. The predicted molar refractivity (Wildman–Crippen MR) is 133 cm³/mol. The summed E-state index contributed by atoms with van der Waals surface area (Å²) in [5, 5.41) is 12.6. The van der Waals surface area contributed by atoms with Crippen LogP contribution >= 0.6 is 0 Å². The number of aliphatic hydroxyl groups excluding tert-OH is 1. The summed E-state index contributed by atoms with van der Waals surface area (Å²) in [6, 6.07) is 0.703. The lowest BCUT2D eigenvalue weighted by Gasteiger charge is -2.42. The molecule has 0 fully saturated rings. The van der Waals surface area contributed by atoms with E-state index >= 15 is 0 Å². The number of hydrogen-bond donors (Lipinski definition) is 2. The normalized spacial score (nSPS) is 14.5. The highest BCUT2D eigenvalue weighted by molar-refractivity contribution is 6.90. The van der Waals surface area contributed by atoms with Gasteiger partial charge >= 0.3 is 8.80 Å². The van der Waals surface area contributed by atoms with E-state index < -0.39 is 39.9 Å². The molecule has 30 heavy (non-hydrogen) atoms. The zero-order valence-electron chi connectivity index (χ0n) is 20.8. The third kappa shape index (κ3) is 15.6. The number of nitrogens with one attached hydrogen (secondary N) is 1. The maximum atomic E-state index is 11.5. The summed E-state index contributed by atoms with van der Waals surface area (Å²) in [5.74, 6) is -0.264. The summed E-state index contributed by atoms with van der Waals surface area (Å²) in [7, 11) is -8.49. The number of aliphatic hydroxyl groups is 1. The van der Waals surface area contributed by atoms with Crippen LogP contribution in [0.5, 0.6) is 0 Å². The van der Waals surface area contributed by atoms with Crippen LogP contribution in [-0.2, 0) is 21.9 Å². The Morgan fingerprint density at radius 2 is 1.37 bits per heavy atom. The largest absolute Gasteiger partial charge is 0.469 e. The first-order valence-electron chi connectivity index (χ1n) is 10.6. The van der Waals surface area contributed by atoms with Crippen LogP contribution in [-0.4, -0.2) is 70.6 Å². The van der Waals surface area contributed by atoms with Crippen molar-refractivity contribution in [2.75, 3.05) is 19.8 Å². The van der Waals surface area contributed by atoms with Gasteiger partial charge in [0.15, 0.2) is 25.0 Å². The highest BCUT2D eigenvalue weighted by Crippen LogP contribution is 2.29. The molecule has 7 nitrogen and oxygen atoms in total. The second-order valence-electron chi connectivity index (χ2n) is 10.6. The fourth-order valence-electron chi connectivity index (χ4n) is 2.65. The molecule has 0 aliphatic carbocycles. The van der Waals surface area contributed by atoms with E-state index in [-0.39, 0.29) is 19.1 Å². The van der Waals surface area contributed by atoms with Gasteiger partial charge in [0, 0.05) is 24.8 Å². The molecule has 0 heterocycles. The fourth-order valence-corrected chi connectivity index (χ4v) is 17.3. The van der Waals surface area contributed by atoms with E-state index in [1.165, 1.54) is 0 Å². The molecule has 0 saturated heterocycles. The molecule has 0 aromatic heterocycles. The average Bonchev–Trinajstić information content (AvgIpc) is 2.46. The molecular weight excluding hydrogens is 451 g/mol. The second kappa shape index (κ2) is 12.2. The molecule has 2 N–H and O–H groups in total. The van der Waals surface area contributed by atoms with E-state index in [2.05, 4.69) is 70.8 Å². The van der Waals surface area contributed by atoms with E-state index in [9.17, 15) is 9.90 Å². The van der Waals surface area contributed by atoms with Crippen molar-refractivity contribution < 1.29 is 27.0 Å². The van der Waals surface area contributed by atoms with Crippen LogP contribution in [0, 0.1) is 0 Å². The molecule has 11 heteroatoms. The Bertz CT molecular complexity index is 514. The fraction of sp³-hybridized carbons (Fsp3) is 0.842. The zero-order chi connectivity index (χ0) is 23.8. The quantitative estimate of drug-likeness (QED) is 0.203. The first kappa shape index (κ1) is 29.9. The molecule has 0 radical (unpaired) electrons. The highest BCUT2D eigenvalue weighted by Gasteiger charge is 2.49. The number of ether oxygens (including phenoxy) is 1. The standard InChI is InChI=1S/C19H45NO6Si4/c1-17(2)19(22)20-15-18(21)16-23-13-12-14-30(24-27(3,4)5,25-28(6,7)8)26-29(9,10)11/h18,21H,1,12-16H2,2-11H3,(H,20,22). The molecule has 0 saturated carbocycles. The highest BCUT2D eigenvalue weighted by atomic mass is 28.5. The summed E-state index contributed by atoms with van der Waals surface area (Å²) in [5.41, 5.74) is 0.414. The van der Waals surface area contributed by atoms with Crippen molar-refractivity contribution in [1.29, 1.82) is 0 Å². The summed E-state index contributed by atoms with van der Waals surface area (Å²) >= 11 is 0. The molecule has 0 aromatic rings. The molecule has 1 atom stereocenters. The van der Waals surface area contributed by atoms with Crippen molar-refractivity contribution in [3.8, 4) is 0 Å². The summed E-state index contributed by atoms with van der Waals surface area (Å²) in [6.07, 6.45) is -0.0266. The third-order valence-electron chi connectivity index (χ3n) is 3.35. The van der Waals surface area contributed by atoms with Gasteiger partial charge in [-0.3, -0.25) is 4.79 Å². The van der Waals surface area contributed by atoms with Crippen LogP contribution in [0.15, 0.2) is 12.2 Å². The van der Waals surface area contributed by atoms with Crippen LogP contribution in [0.3, 0.4) is 0 Å². The Morgan fingerprint density at radius 1 is 0.933 bits per heavy atom. The Labute approximate surface area is 188 Å². The molecule has 0 bridgehead atoms. The van der Waals surface area contributed by atoms with Gasteiger partial charge in [-0.1, -0.05) is 6.58 Å². The first-order chi connectivity index (χ1) is 13.3. The van der Waals surface area contributed by atoms with Gasteiger partial charge in [-0.2, -0.15) is 0 Å². The van der Waals surface area contributed by atoms with Crippen LogP contribution in [0.2, 0.25) is 65.0 Å². The average molecular weight is 496 g/mol. The predicted octanol–water partition coefficient (Wildman–Crippen LogP) is 3.94. The van der Waals surface area contributed by atoms with E-state index in [0.29, 0.717) is 18.2 Å². The van der Waals surface area contributed by atoms with Gasteiger partial charge in [0.1, 0.15) is 0 Å². The Balaban J connectivity index is 4.88. The monoisotopic (exact) mass is 495 g/mol. The number of carbonyl (C=O) groups excluding carboxylic acids is 1. The van der Waals surface area contributed by atoms with Gasteiger partial charge in [-0.25, -0.2) is 0 Å². The first-order valence-corrected chi connectivity index (χ1v) is 22.8. The maximum Gasteiger partial charge on any atom is 0.469 e. The van der Waals surface area contributed by atoms with Crippen molar-refractivity contribution in [2.24, 2.45) is 0 Å². The van der Waals surface area contributed by atoms with E-state index in [0.717, 1.165) is 6.42 Å². The van der Waals surface area contributed by atoms with E-state index in [4.69, 9.17) is 17.1 Å². The molecule has 0 aromatic carbocycles. The van der Waals surface area contributed by atoms with Gasteiger partial charge in [0.2, 0.25) is 5.91 Å². The van der Waals surface area contributed by atoms with Crippen molar-refractivity contribution in [2.45, 2.75) is 84.4 Å². The Hall–Kier alpha value is -0.122. The SMILES string of the molecule is C=C(C)C(=O)NCC(O)COCCC[Si](O[Si](C)(C)C)(O[Si](C)(C)C)O[Si](C)(C)C. The van der Waals surface area contributed by atoms with Gasteiger partial charge in [0.25, 0.3) is 0 Å². The van der Waals surface area contributed by atoms with Crippen molar-refractivity contribution in [1.82, 2.24) is 5.32 Å². The molecule has 1 amide bonds. The lowest BCUT2D eigenvalue weighted by atomic mass is 10.3. The van der Waals surface area contributed by atoms with Gasteiger partial charge < -0.3 is 27.5 Å². The van der Waals surface area contributed by atoms with Crippen LogP contribution in [0.4, 0.5) is 0 Å². The molecular formula is C19H45NO6Si4. The number of carbonyl (C=O) groups is 1. The van der Waals surface area contributed by atoms with E-state index in [1.54, 1.807) is 6.92 Å². The minimum absolute atomic E-state index is 0.139. The molecule has 0 aliphatic heterocycles. The molecule has 0 spiro atoms. The smallest absolute Gasteiger partial charge is 0.417 e. The Kier molecular flexibility index (Phi) is 12.2. The van der Waals surface area contributed by atoms with Crippen molar-refractivity contribution in [3.05, 3.63) is 12.2 Å². The van der Waals surface area contributed by atoms with Gasteiger partial charge in [-0.05, 0) is 72.3 Å². The lowest BCUT2D eigenvalue weighted by Crippen LogP contribution is -2.60. The molecule has 178 valence electrons. The minimum Gasteiger partial charge on any atom is -0.417 e. The van der Waals surface area contributed by atoms with Gasteiger partial charge in [-0.15, -0.1) is 0 Å². The van der Waals surface area contributed by atoms with Crippen LogP contribution in [0.25, 0.3) is 0 Å². The summed E-state index contributed by atoms with van der Waals surface area (Å²) in [4.78, 5) is 11.5. The summed E-state index contributed by atoms with van der Waals surface area (Å²) in [6.45, 7) is 25.5. The third-order valence-corrected chi connectivity index (χ3v) is 15.4. The number of rotatable bonds is 15. The Morgan fingerprint density at radius 3 is 1.73 bits per heavy atom. The lowest BCUT2D eigenvalue weighted by molar-refractivity contribution is -0.118. The van der Waals surface area contributed by atoms with E-state index in [1.807, 2.05) is 0 Å². The topological polar surface area (TPSA) is 86.3 Å². The molecule has 0 rings (SSSR count). The maximum absolute atomic E-state index is 11.5. The summed E-state index contributed by atoms with van der Waals surface area (Å²) < 4.78 is 25.5. The molecule has 0 aliphatic rings. The van der Waals surface area contributed by atoms with Crippen molar-refractivity contribution >= 4 is 39.7 Å². The van der Waals surface area contributed by atoms with Gasteiger partial charge in [0.05, 0.1) is 12.7 Å². The second-order valence-corrected chi connectivity index (χ2v) is 27.6. The molecule has 1 unspecified atom stereocenters. The van der Waals surface area contributed by atoms with Crippen molar-refractivity contribution in [3.63, 3.8) is 0 Å². The van der Waals surface area contributed by atoms with Crippen LogP contribution < -0.4 is 5.32 Å². The zero-order valence-corrected chi connectivity index (χ0v) is 24.8. The number of hydrogen-bond acceptors (Lipinski definition) is 6.